The molecule has 1 aliphatic heterocycles. The molecule has 5 aromatic rings. The van der Waals surface area contributed by atoms with Crippen LogP contribution in [0.4, 0.5) is 0 Å². The van der Waals surface area contributed by atoms with Crippen LogP contribution in [0.25, 0.3) is 28.0 Å². The highest BCUT2D eigenvalue weighted by atomic mass is 28.4. The number of rotatable bonds is 16. The number of methoxy groups -OCH3 is 3. The van der Waals surface area contributed by atoms with Crippen molar-refractivity contribution in [3.8, 4) is 39.9 Å². The Morgan fingerprint density at radius 2 is 1.15 bits per heavy atom. The average Bonchev–Trinajstić information content (AvgIpc) is 3.47. The molecule has 9 nitrogen and oxygen atoms in total. The zero-order chi connectivity index (χ0) is 49.0. The fourth-order valence-corrected chi connectivity index (χ4v) is 13.8. The van der Waals surface area contributed by atoms with Crippen molar-refractivity contribution in [2.45, 2.75) is 143 Å². The van der Waals surface area contributed by atoms with Crippen LogP contribution in [-0.4, -0.2) is 65.8 Å². The molecule has 7 rings (SSSR count). The number of hydrogen-bond donors (Lipinski definition) is 0. The zero-order valence-electron chi connectivity index (χ0n) is 43.2. The van der Waals surface area contributed by atoms with Gasteiger partial charge in [-0.15, -0.1) is 0 Å². The van der Waals surface area contributed by atoms with E-state index in [0.29, 0.717) is 37.2 Å². The number of fused-ring (bicyclic) bond motifs is 8. The van der Waals surface area contributed by atoms with Crippen molar-refractivity contribution in [3.05, 3.63) is 118 Å². The van der Waals surface area contributed by atoms with Crippen LogP contribution in [0, 0.1) is 6.92 Å². The lowest BCUT2D eigenvalue weighted by molar-refractivity contribution is -0.0823. The Labute approximate surface area is 401 Å². The second-order valence-corrected chi connectivity index (χ2v) is 24.6. The molecule has 0 bridgehead atoms. The van der Waals surface area contributed by atoms with Crippen LogP contribution in [0.15, 0.2) is 84.9 Å². The van der Waals surface area contributed by atoms with E-state index >= 15 is 0 Å². The molecule has 1 heterocycles. The normalized spacial score (nSPS) is 16.9. The molecule has 0 fully saturated rings. The maximum atomic E-state index is 7.59. The minimum atomic E-state index is -3.18. The molecule has 10 heteroatoms. The highest BCUT2D eigenvalue weighted by Crippen LogP contribution is 2.59. The van der Waals surface area contributed by atoms with Crippen molar-refractivity contribution in [3.63, 3.8) is 0 Å². The summed E-state index contributed by atoms with van der Waals surface area (Å²) in [7, 11) is 1.86. The van der Waals surface area contributed by atoms with Crippen LogP contribution >= 0.6 is 0 Å². The molecule has 2 aliphatic rings. The third-order valence-corrected chi connectivity index (χ3v) is 16.0. The second-order valence-electron chi connectivity index (χ2n) is 22.1. The smallest absolute Gasteiger partial charge is 0.497 e. The Morgan fingerprint density at radius 3 is 1.67 bits per heavy atom. The number of benzene rings is 5. The van der Waals surface area contributed by atoms with Crippen LogP contribution in [0.1, 0.15) is 130 Å². The topological polar surface area (TPSA) is 83.1 Å². The maximum Gasteiger partial charge on any atom is 0.502 e. The summed E-state index contributed by atoms with van der Waals surface area (Å²) >= 11 is 0. The van der Waals surface area contributed by atoms with Crippen molar-refractivity contribution < 1.29 is 41.7 Å². The monoisotopic (exact) mass is 931 g/mol. The van der Waals surface area contributed by atoms with Gasteiger partial charge in [0.2, 0.25) is 0 Å². The molecule has 0 amide bonds. The fraction of sp³-hybridized carbons (Fsp3) is 0.474. The molecule has 1 unspecified atom stereocenters. The van der Waals surface area contributed by atoms with E-state index in [9.17, 15) is 0 Å². The second kappa shape index (κ2) is 18.2. The summed E-state index contributed by atoms with van der Waals surface area (Å²) in [5, 5.41) is 1.99. The minimum Gasteiger partial charge on any atom is -0.497 e. The predicted molar refractivity (Wildman–Crippen MR) is 272 cm³/mol. The van der Waals surface area contributed by atoms with Gasteiger partial charge in [0.15, 0.2) is 17.1 Å². The van der Waals surface area contributed by atoms with E-state index in [1.54, 1.807) is 21.3 Å². The van der Waals surface area contributed by atoms with Crippen molar-refractivity contribution >= 4 is 25.7 Å². The summed E-state index contributed by atoms with van der Waals surface area (Å²) in [4.78, 5) is 0. The summed E-state index contributed by atoms with van der Waals surface area (Å²) in [6, 6.07) is 27.8. The molecule has 0 N–H and O–H groups in total. The van der Waals surface area contributed by atoms with E-state index in [1.807, 2.05) is 24.3 Å². The number of aryl methyl sites for hydroxylation is 1. The van der Waals surface area contributed by atoms with E-state index in [4.69, 9.17) is 41.7 Å². The van der Waals surface area contributed by atoms with E-state index in [2.05, 4.69) is 164 Å². The lowest BCUT2D eigenvalue weighted by Crippen LogP contribution is -2.57. The Hall–Kier alpha value is -4.84. The first-order valence-corrected chi connectivity index (χ1v) is 25.5. The van der Waals surface area contributed by atoms with Crippen molar-refractivity contribution in [1.29, 1.82) is 0 Å². The SMILES string of the molecule is COc1ccc(C2(c3ccc(OCCOC(C)(C)CC[Si](OC(C)(C)C)(OC(C)(C)C)OC(C)(C)C)cc3)C=Cc3c4c(c5cc(OC)c(OC)cc5c3O2)-c2ccc(C)cc2C4(C)C)cc1. The van der Waals surface area contributed by atoms with E-state index < -0.39 is 36.8 Å². The molecule has 0 radical (unpaired) electrons. The van der Waals surface area contributed by atoms with Gasteiger partial charge in [-0.05, 0) is 160 Å². The van der Waals surface area contributed by atoms with Gasteiger partial charge in [-0.25, -0.2) is 0 Å². The van der Waals surface area contributed by atoms with Gasteiger partial charge in [-0.3, -0.25) is 0 Å². The molecular formula is C57H74O9Si. The first kappa shape index (κ1) is 50.0. The minimum absolute atomic E-state index is 0.303. The van der Waals surface area contributed by atoms with Crippen molar-refractivity contribution in [1.82, 2.24) is 0 Å². The Bertz CT molecular complexity index is 2570. The summed E-state index contributed by atoms with van der Waals surface area (Å²) < 4.78 is 58.1. The van der Waals surface area contributed by atoms with Crippen LogP contribution in [-0.2, 0) is 29.0 Å². The first-order chi connectivity index (χ1) is 31.2. The van der Waals surface area contributed by atoms with E-state index in [0.717, 1.165) is 44.7 Å². The van der Waals surface area contributed by atoms with Gasteiger partial charge in [-0.2, -0.15) is 0 Å². The van der Waals surface area contributed by atoms with Gasteiger partial charge in [-0.1, -0.05) is 68.0 Å². The molecule has 67 heavy (non-hydrogen) atoms. The molecule has 0 spiro atoms. The number of hydrogen-bond acceptors (Lipinski definition) is 9. The molecule has 0 aromatic heterocycles. The van der Waals surface area contributed by atoms with Crippen molar-refractivity contribution in [2.75, 3.05) is 34.5 Å². The lowest BCUT2D eigenvalue weighted by Gasteiger charge is -2.44. The molecule has 0 saturated carbocycles. The molecule has 360 valence electrons. The van der Waals surface area contributed by atoms with Gasteiger partial charge in [0.05, 0.1) is 50.3 Å². The van der Waals surface area contributed by atoms with E-state index in [-0.39, 0.29) is 5.41 Å². The third kappa shape index (κ3) is 10.6. The van der Waals surface area contributed by atoms with Gasteiger partial charge < -0.3 is 41.7 Å². The zero-order valence-corrected chi connectivity index (χ0v) is 44.2. The van der Waals surface area contributed by atoms with Gasteiger partial charge in [0.25, 0.3) is 0 Å². The average molecular weight is 931 g/mol. The highest BCUT2D eigenvalue weighted by Gasteiger charge is 2.51. The third-order valence-electron chi connectivity index (χ3n) is 12.4. The van der Waals surface area contributed by atoms with Crippen molar-refractivity contribution in [2.24, 2.45) is 0 Å². The Balaban J connectivity index is 1.18. The Morgan fingerprint density at radius 1 is 0.612 bits per heavy atom. The van der Waals surface area contributed by atoms with Gasteiger partial charge >= 0.3 is 8.80 Å². The fourth-order valence-electron chi connectivity index (χ4n) is 9.66. The first-order valence-electron chi connectivity index (χ1n) is 23.6. The summed E-state index contributed by atoms with van der Waals surface area (Å²) in [6.07, 6.45) is 5.14. The van der Waals surface area contributed by atoms with Crippen LogP contribution in [0.2, 0.25) is 6.04 Å². The summed E-state index contributed by atoms with van der Waals surface area (Å²) in [5.41, 5.74) is 5.98. The van der Waals surface area contributed by atoms with Gasteiger partial charge in [0, 0.05) is 33.5 Å². The van der Waals surface area contributed by atoms with E-state index in [1.165, 1.54) is 27.8 Å². The molecule has 5 aromatic carbocycles. The molecular weight excluding hydrogens is 857 g/mol. The lowest BCUT2D eigenvalue weighted by atomic mass is 9.76. The standard InChI is InChI=1S/C57H74O9Si/c1-37-18-27-42-46(34-37)56(13,14)50-43-28-29-57(38-19-23-40(58-15)24-20-38,63-51(43)45-36-48(60-17)47(59-16)35-44(45)49(42)50)39-21-25-41(26-22-39)61-31-32-62-55(11,12)30-33-67(64-52(2,3)4,65-53(5,6)7)66-54(8,9)10/h18-29,34-36H,30-33H2,1-17H3. The maximum absolute atomic E-state index is 7.59. The number of ether oxygens (including phenoxy) is 6. The quantitative estimate of drug-likeness (QED) is 0.0709. The van der Waals surface area contributed by atoms with Crippen LogP contribution in [0.5, 0.6) is 28.7 Å². The van der Waals surface area contributed by atoms with Crippen LogP contribution < -0.4 is 23.7 Å². The molecule has 1 aliphatic carbocycles. The Kier molecular flexibility index (Phi) is 13.6. The largest absolute Gasteiger partial charge is 0.502 e. The molecule has 0 saturated heterocycles. The molecule has 1 atom stereocenters. The van der Waals surface area contributed by atoms with Crippen LogP contribution in [0.3, 0.4) is 0 Å². The summed E-state index contributed by atoms with van der Waals surface area (Å²) in [6.45, 7) is 30.2. The summed E-state index contributed by atoms with van der Waals surface area (Å²) in [5.74, 6) is 3.57. The van der Waals surface area contributed by atoms with Gasteiger partial charge in [0.1, 0.15) is 23.9 Å². The predicted octanol–water partition coefficient (Wildman–Crippen LogP) is 13.8. The highest BCUT2D eigenvalue weighted by molar-refractivity contribution is 6.61.